The van der Waals surface area contributed by atoms with Crippen LogP contribution in [0.3, 0.4) is 0 Å². The van der Waals surface area contributed by atoms with E-state index in [0.717, 1.165) is 58.2 Å². The van der Waals surface area contributed by atoms with E-state index in [9.17, 15) is 9.59 Å². The van der Waals surface area contributed by atoms with Gasteiger partial charge in [0.15, 0.2) is 0 Å². The maximum Gasteiger partial charge on any atom is 0.237 e. The van der Waals surface area contributed by atoms with Crippen molar-refractivity contribution in [1.29, 1.82) is 0 Å². The number of nitrogens with one attached hydrogen (secondary N) is 2. The van der Waals surface area contributed by atoms with Gasteiger partial charge in [-0.3, -0.25) is 14.5 Å². The quantitative estimate of drug-likeness (QED) is 0.616. The highest BCUT2D eigenvalue weighted by atomic mass is 16.2. The predicted octanol–water partition coefficient (Wildman–Crippen LogP) is 2.77. The molecule has 2 aliphatic heterocycles. The largest absolute Gasteiger partial charge is 0.354 e. The molecule has 0 aromatic carbocycles. The van der Waals surface area contributed by atoms with Crippen molar-refractivity contribution in [1.82, 2.24) is 20.4 Å². The average molecular weight is 409 g/mol. The van der Waals surface area contributed by atoms with Crippen LogP contribution < -0.4 is 10.6 Å². The Morgan fingerprint density at radius 3 is 2.10 bits per heavy atom. The van der Waals surface area contributed by atoms with Crippen LogP contribution in [0.5, 0.6) is 0 Å². The van der Waals surface area contributed by atoms with Crippen molar-refractivity contribution >= 4 is 11.8 Å². The topological polar surface area (TPSA) is 64.7 Å². The third-order valence-electron chi connectivity index (χ3n) is 6.62. The van der Waals surface area contributed by atoms with E-state index in [4.69, 9.17) is 0 Å². The lowest BCUT2D eigenvalue weighted by atomic mass is 9.94. The summed E-state index contributed by atoms with van der Waals surface area (Å²) in [6.45, 7) is 15.8. The van der Waals surface area contributed by atoms with E-state index in [-0.39, 0.29) is 35.9 Å². The minimum absolute atomic E-state index is 0.0471. The van der Waals surface area contributed by atoms with Gasteiger partial charge in [-0.15, -0.1) is 0 Å². The van der Waals surface area contributed by atoms with Crippen LogP contribution in [0.15, 0.2) is 0 Å². The van der Waals surface area contributed by atoms with Gasteiger partial charge in [0.05, 0.1) is 6.04 Å². The molecular formula is C23H44N4O2. The van der Waals surface area contributed by atoms with Gasteiger partial charge in [-0.25, -0.2) is 0 Å². The molecule has 2 aliphatic rings. The van der Waals surface area contributed by atoms with Gasteiger partial charge < -0.3 is 15.5 Å². The average Bonchev–Trinajstić information content (AvgIpc) is 3.16. The van der Waals surface area contributed by atoms with Crippen LogP contribution in [0.4, 0.5) is 0 Å². The highest BCUT2D eigenvalue weighted by Gasteiger charge is 2.33. The van der Waals surface area contributed by atoms with Gasteiger partial charge in [-0.2, -0.15) is 0 Å². The molecule has 0 aromatic heterocycles. The second-order valence-electron chi connectivity index (χ2n) is 9.80. The SMILES string of the molecule is CC(C)NC(=O)C1CCN(C(C)CCC(C)NC(=O)C2CCCN2C(C)C)CC1. The normalized spacial score (nSPS) is 24.1. The van der Waals surface area contributed by atoms with Crippen molar-refractivity contribution in [3.05, 3.63) is 0 Å². The van der Waals surface area contributed by atoms with Crippen molar-refractivity contribution in [3.63, 3.8) is 0 Å². The first-order valence-corrected chi connectivity index (χ1v) is 11.8. The number of hydrogen-bond donors (Lipinski definition) is 2. The molecule has 0 bridgehead atoms. The highest BCUT2D eigenvalue weighted by Crippen LogP contribution is 2.22. The zero-order valence-electron chi connectivity index (χ0n) is 19.5. The minimum atomic E-state index is 0.0471. The Morgan fingerprint density at radius 2 is 1.52 bits per heavy atom. The number of rotatable bonds is 9. The molecular weight excluding hydrogens is 364 g/mol. The highest BCUT2D eigenvalue weighted by molar-refractivity contribution is 5.82. The van der Waals surface area contributed by atoms with Gasteiger partial charge >= 0.3 is 0 Å². The van der Waals surface area contributed by atoms with Crippen LogP contribution in [0.1, 0.15) is 80.1 Å². The van der Waals surface area contributed by atoms with Crippen molar-refractivity contribution in [2.24, 2.45) is 5.92 Å². The summed E-state index contributed by atoms with van der Waals surface area (Å²) < 4.78 is 0. The molecule has 2 heterocycles. The second-order valence-corrected chi connectivity index (χ2v) is 9.80. The lowest BCUT2D eigenvalue weighted by Gasteiger charge is -2.36. The van der Waals surface area contributed by atoms with Crippen LogP contribution in [-0.4, -0.2) is 71.5 Å². The molecule has 6 nitrogen and oxygen atoms in total. The first kappa shape index (κ1) is 24.1. The van der Waals surface area contributed by atoms with E-state index in [1.807, 2.05) is 13.8 Å². The van der Waals surface area contributed by atoms with Gasteiger partial charge in [-0.1, -0.05) is 0 Å². The predicted molar refractivity (Wildman–Crippen MR) is 119 cm³/mol. The van der Waals surface area contributed by atoms with Crippen molar-refractivity contribution < 1.29 is 9.59 Å². The van der Waals surface area contributed by atoms with Crippen LogP contribution >= 0.6 is 0 Å². The molecule has 6 heteroatoms. The molecule has 168 valence electrons. The van der Waals surface area contributed by atoms with E-state index in [1.54, 1.807) is 0 Å². The molecule has 3 atom stereocenters. The number of likely N-dealkylation sites (tertiary alicyclic amines) is 2. The van der Waals surface area contributed by atoms with Gasteiger partial charge in [0.2, 0.25) is 11.8 Å². The molecule has 0 radical (unpaired) electrons. The van der Waals surface area contributed by atoms with Gasteiger partial charge in [-0.05, 0) is 99.7 Å². The summed E-state index contributed by atoms with van der Waals surface area (Å²) in [5, 5.41) is 6.30. The fraction of sp³-hybridized carbons (Fsp3) is 0.913. The molecule has 2 fully saturated rings. The summed E-state index contributed by atoms with van der Waals surface area (Å²) in [6, 6.07) is 1.38. The Labute approximate surface area is 178 Å². The first-order valence-electron chi connectivity index (χ1n) is 11.8. The van der Waals surface area contributed by atoms with Crippen LogP contribution in [-0.2, 0) is 9.59 Å². The van der Waals surface area contributed by atoms with Gasteiger partial charge in [0.1, 0.15) is 0 Å². The van der Waals surface area contributed by atoms with Crippen LogP contribution in [0.25, 0.3) is 0 Å². The molecule has 29 heavy (non-hydrogen) atoms. The maximum atomic E-state index is 12.7. The van der Waals surface area contributed by atoms with E-state index in [1.165, 1.54) is 0 Å². The van der Waals surface area contributed by atoms with E-state index in [0.29, 0.717) is 12.1 Å². The minimum Gasteiger partial charge on any atom is -0.354 e. The Morgan fingerprint density at radius 1 is 0.862 bits per heavy atom. The van der Waals surface area contributed by atoms with E-state index in [2.05, 4.69) is 48.1 Å². The molecule has 0 aliphatic carbocycles. The smallest absolute Gasteiger partial charge is 0.237 e. The number of piperidine rings is 1. The molecule has 2 saturated heterocycles. The number of hydrogen-bond acceptors (Lipinski definition) is 4. The number of carbonyl (C=O) groups excluding carboxylic acids is 2. The Bertz CT molecular complexity index is 529. The zero-order valence-corrected chi connectivity index (χ0v) is 19.5. The maximum absolute atomic E-state index is 12.7. The summed E-state index contributed by atoms with van der Waals surface area (Å²) in [6.07, 6.45) is 6.06. The zero-order chi connectivity index (χ0) is 21.6. The van der Waals surface area contributed by atoms with E-state index >= 15 is 0 Å². The van der Waals surface area contributed by atoms with Crippen molar-refractivity contribution in [3.8, 4) is 0 Å². The molecule has 2 rings (SSSR count). The standard InChI is InChI=1S/C23H44N4O2/c1-16(2)24-22(28)20-11-14-26(15-12-20)19(6)10-9-18(5)25-23(29)21-8-7-13-27(21)17(3)4/h16-21H,7-15H2,1-6H3,(H,24,28)(H,25,29). The lowest BCUT2D eigenvalue weighted by Crippen LogP contribution is -2.48. The summed E-state index contributed by atoms with van der Waals surface area (Å²) in [5.41, 5.74) is 0. The fourth-order valence-electron chi connectivity index (χ4n) is 4.78. The third kappa shape index (κ3) is 7.25. The molecule has 3 unspecified atom stereocenters. The van der Waals surface area contributed by atoms with E-state index < -0.39 is 0 Å². The summed E-state index contributed by atoms with van der Waals surface area (Å²) in [5.74, 6) is 0.578. The number of nitrogens with zero attached hydrogens (tertiary/aromatic N) is 2. The Hall–Kier alpha value is -1.14. The summed E-state index contributed by atoms with van der Waals surface area (Å²) in [4.78, 5) is 29.7. The molecule has 2 N–H and O–H groups in total. The summed E-state index contributed by atoms with van der Waals surface area (Å²) in [7, 11) is 0. The summed E-state index contributed by atoms with van der Waals surface area (Å²) >= 11 is 0. The second kappa shape index (κ2) is 11.3. The first-order chi connectivity index (χ1) is 13.7. The fourth-order valence-corrected chi connectivity index (χ4v) is 4.78. The van der Waals surface area contributed by atoms with Gasteiger partial charge in [0.25, 0.3) is 0 Å². The Balaban J connectivity index is 1.69. The lowest BCUT2D eigenvalue weighted by molar-refractivity contribution is -0.127. The number of carbonyl (C=O) groups is 2. The molecule has 2 amide bonds. The molecule has 0 aromatic rings. The molecule has 0 spiro atoms. The third-order valence-corrected chi connectivity index (χ3v) is 6.62. The Kier molecular flexibility index (Phi) is 9.41. The van der Waals surface area contributed by atoms with Crippen molar-refractivity contribution in [2.75, 3.05) is 19.6 Å². The van der Waals surface area contributed by atoms with Gasteiger partial charge in [0, 0.05) is 30.1 Å². The number of amides is 2. The van der Waals surface area contributed by atoms with Crippen molar-refractivity contribution in [2.45, 2.75) is 110 Å². The van der Waals surface area contributed by atoms with Crippen LogP contribution in [0, 0.1) is 5.92 Å². The molecule has 0 saturated carbocycles. The van der Waals surface area contributed by atoms with Crippen LogP contribution in [0.2, 0.25) is 0 Å². The monoisotopic (exact) mass is 408 g/mol.